The highest BCUT2D eigenvalue weighted by Gasteiger charge is 2.27. The lowest BCUT2D eigenvalue weighted by Crippen LogP contribution is -2.41. The van der Waals surface area contributed by atoms with E-state index in [2.05, 4.69) is 31.7 Å². The summed E-state index contributed by atoms with van der Waals surface area (Å²) < 4.78 is 14.4. The van der Waals surface area contributed by atoms with E-state index in [9.17, 15) is 9.59 Å². The molecule has 1 saturated heterocycles. The zero-order valence-electron chi connectivity index (χ0n) is 23.2. The number of amides is 3. The van der Waals surface area contributed by atoms with E-state index in [1.165, 1.54) is 0 Å². The molecule has 0 radical (unpaired) electrons. The van der Waals surface area contributed by atoms with Gasteiger partial charge in [-0.25, -0.2) is 9.59 Å². The van der Waals surface area contributed by atoms with E-state index < -0.39 is 5.60 Å². The van der Waals surface area contributed by atoms with Gasteiger partial charge < -0.3 is 25.0 Å². The first kappa shape index (κ1) is 29.7. The van der Waals surface area contributed by atoms with Crippen molar-refractivity contribution in [1.82, 2.24) is 14.7 Å². The van der Waals surface area contributed by atoms with E-state index in [0.717, 1.165) is 35.0 Å². The fourth-order valence-electron chi connectivity index (χ4n) is 4.53. The number of ether oxygens (including phenoxy) is 2. The molecule has 3 amide bonds. The molecule has 2 N–H and O–H groups in total. The standard InChI is InChI=1S/C29H35BrClN5O4/c1-29(2,3)40-28(38)36-14-11-19(12-15-36)13-16-39-25-10-9-22(17-23(25)26-24(30)18-32-35(26)4)34-27(37)33-21-7-5-20(31)6-8-21/h5-10,17-19H,11-16H2,1-4H3,(H2,33,34,37). The minimum Gasteiger partial charge on any atom is -0.493 e. The maximum atomic E-state index is 12.6. The van der Waals surface area contributed by atoms with Crippen LogP contribution in [0.5, 0.6) is 5.75 Å². The van der Waals surface area contributed by atoms with Gasteiger partial charge in [-0.2, -0.15) is 5.10 Å². The van der Waals surface area contributed by atoms with Crippen LogP contribution in [0.25, 0.3) is 11.3 Å². The summed E-state index contributed by atoms with van der Waals surface area (Å²) in [5.74, 6) is 1.15. The van der Waals surface area contributed by atoms with Crippen molar-refractivity contribution in [3.05, 3.63) is 58.2 Å². The number of aromatic nitrogens is 2. The zero-order valence-corrected chi connectivity index (χ0v) is 25.5. The van der Waals surface area contributed by atoms with Crippen LogP contribution in [0.15, 0.2) is 53.1 Å². The van der Waals surface area contributed by atoms with Gasteiger partial charge in [-0.1, -0.05) is 11.6 Å². The fraction of sp³-hybridized carbons (Fsp3) is 0.414. The van der Waals surface area contributed by atoms with E-state index in [1.807, 2.05) is 46.0 Å². The van der Waals surface area contributed by atoms with Crippen LogP contribution in [0.2, 0.25) is 5.02 Å². The summed E-state index contributed by atoms with van der Waals surface area (Å²) in [6, 6.07) is 12.1. The smallest absolute Gasteiger partial charge is 0.410 e. The molecular weight excluding hydrogens is 598 g/mol. The number of hydrogen-bond donors (Lipinski definition) is 2. The lowest BCUT2D eigenvalue weighted by atomic mass is 9.94. The maximum Gasteiger partial charge on any atom is 0.410 e. The number of aryl methyl sites for hydroxylation is 1. The Morgan fingerprint density at radius 3 is 2.35 bits per heavy atom. The Morgan fingerprint density at radius 1 is 1.07 bits per heavy atom. The normalized spacial score (nSPS) is 14.1. The molecule has 2 heterocycles. The van der Waals surface area contributed by atoms with Gasteiger partial charge in [0, 0.05) is 42.1 Å². The molecule has 4 rings (SSSR count). The first-order valence-corrected chi connectivity index (χ1v) is 14.4. The lowest BCUT2D eigenvalue weighted by Gasteiger charge is -2.33. The Hall–Kier alpha value is -3.24. The topological polar surface area (TPSA) is 97.7 Å². The second-order valence-corrected chi connectivity index (χ2v) is 12.1. The number of carbonyl (C=O) groups excluding carboxylic acids is 2. The molecule has 214 valence electrons. The third kappa shape index (κ3) is 8.14. The molecule has 0 saturated carbocycles. The predicted octanol–water partition coefficient (Wildman–Crippen LogP) is 7.56. The first-order chi connectivity index (χ1) is 19.0. The Labute approximate surface area is 248 Å². The van der Waals surface area contributed by atoms with Crippen molar-refractivity contribution in [2.45, 2.75) is 45.6 Å². The molecule has 1 aliphatic rings. The molecule has 3 aromatic rings. The van der Waals surface area contributed by atoms with E-state index in [0.29, 0.717) is 47.8 Å². The van der Waals surface area contributed by atoms with Gasteiger partial charge in [0.25, 0.3) is 0 Å². The third-order valence-corrected chi connectivity index (χ3v) is 7.37. The number of rotatable bonds is 7. The van der Waals surface area contributed by atoms with Crippen molar-refractivity contribution in [2.24, 2.45) is 13.0 Å². The SMILES string of the molecule is Cn1ncc(Br)c1-c1cc(NC(=O)Nc2ccc(Cl)cc2)ccc1OCCC1CCN(C(=O)OC(C)(C)C)CC1. The van der Waals surface area contributed by atoms with Crippen LogP contribution in [-0.2, 0) is 11.8 Å². The lowest BCUT2D eigenvalue weighted by molar-refractivity contribution is 0.0177. The molecule has 1 aliphatic heterocycles. The van der Waals surface area contributed by atoms with Crippen LogP contribution in [-0.4, -0.2) is 52.1 Å². The predicted molar refractivity (Wildman–Crippen MR) is 161 cm³/mol. The quantitative estimate of drug-likeness (QED) is 0.280. The van der Waals surface area contributed by atoms with Gasteiger partial charge in [0.2, 0.25) is 0 Å². The summed E-state index contributed by atoms with van der Waals surface area (Å²) in [7, 11) is 1.86. The molecule has 0 spiro atoms. The fourth-order valence-corrected chi connectivity index (χ4v) is 5.21. The molecule has 1 aromatic heterocycles. The van der Waals surface area contributed by atoms with Gasteiger partial charge in [0.1, 0.15) is 11.4 Å². The van der Waals surface area contributed by atoms with Crippen LogP contribution in [0.4, 0.5) is 21.0 Å². The van der Waals surface area contributed by atoms with Crippen molar-refractivity contribution in [2.75, 3.05) is 30.3 Å². The number of anilines is 2. The Kier molecular flexibility index (Phi) is 9.63. The number of carbonyl (C=O) groups is 2. The van der Waals surface area contributed by atoms with Crippen molar-refractivity contribution in [3.63, 3.8) is 0 Å². The average molecular weight is 633 g/mol. The zero-order chi connectivity index (χ0) is 28.9. The van der Waals surface area contributed by atoms with E-state index in [1.54, 1.807) is 40.0 Å². The van der Waals surface area contributed by atoms with Gasteiger partial charge in [-0.05, 0) is 104 Å². The van der Waals surface area contributed by atoms with Crippen molar-refractivity contribution in [3.8, 4) is 17.0 Å². The maximum absolute atomic E-state index is 12.6. The number of hydrogen-bond acceptors (Lipinski definition) is 5. The highest BCUT2D eigenvalue weighted by atomic mass is 79.9. The monoisotopic (exact) mass is 631 g/mol. The summed E-state index contributed by atoms with van der Waals surface area (Å²) in [6.07, 6.45) is 4.18. The van der Waals surface area contributed by atoms with Crippen LogP contribution in [0.3, 0.4) is 0 Å². The molecule has 0 atom stereocenters. The summed E-state index contributed by atoms with van der Waals surface area (Å²) in [5, 5.41) is 10.6. The van der Waals surface area contributed by atoms with Crippen LogP contribution < -0.4 is 15.4 Å². The van der Waals surface area contributed by atoms with E-state index in [-0.39, 0.29) is 12.1 Å². The minimum absolute atomic E-state index is 0.246. The van der Waals surface area contributed by atoms with Crippen molar-refractivity contribution in [1.29, 1.82) is 0 Å². The molecular formula is C29H35BrClN5O4. The largest absolute Gasteiger partial charge is 0.493 e. The number of likely N-dealkylation sites (tertiary alicyclic amines) is 1. The first-order valence-electron chi connectivity index (χ1n) is 13.2. The molecule has 11 heteroatoms. The summed E-state index contributed by atoms with van der Waals surface area (Å²) >= 11 is 9.52. The molecule has 0 aliphatic carbocycles. The summed E-state index contributed by atoms with van der Waals surface area (Å²) in [5.41, 5.74) is 2.39. The van der Waals surface area contributed by atoms with Crippen molar-refractivity contribution < 1.29 is 19.1 Å². The van der Waals surface area contributed by atoms with Gasteiger partial charge in [-0.15, -0.1) is 0 Å². The van der Waals surface area contributed by atoms with Gasteiger partial charge in [0.05, 0.1) is 23.0 Å². The van der Waals surface area contributed by atoms with Crippen LogP contribution in [0, 0.1) is 5.92 Å². The number of benzene rings is 2. The Bertz CT molecular complexity index is 1310. The van der Waals surface area contributed by atoms with Crippen molar-refractivity contribution >= 4 is 51.0 Å². The minimum atomic E-state index is -0.492. The van der Waals surface area contributed by atoms with Gasteiger partial charge in [0.15, 0.2) is 0 Å². The molecule has 2 aromatic carbocycles. The van der Waals surface area contributed by atoms with Crippen LogP contribution in [0.1, 0.15) is 40.0 Å². The average Bonchev–Trinajstić information content (AvgIpc) is 3.23. The molecule has 9 nitrogen and oxygen atoms in total. The molecule has 1 fully saturated rings. The second-order valence-electron chi connectivity index (χ2n) is 10.8. The molecule has 40 heavy (non-hydrogen) atoms. The van der Waals surface area contributed by atoms with E-state index in [4.69, 9.17) is 21.1 Å². The number of halogens is 2. The molecule has 0 unspecified atom stereocenters. The number of nitrogens with one attached hydrogen (secondary N) is 2. The highest BCUT2D eigenvalue weighted by Crippen LogP contribution is 2.37. The van der Waals surface area contributed by atoms with Gasteiger partial charge in [-0.3, -0.25) is 4.68 Å². The highest BCUT2D eigenvalue weighted by molar-refractivity contribution is 9.10. The second kappa shape index (κ2) is 13.0. The Balaban J connectivity index is 1.38. The third-order valence-electron chi connectivity index (χ3n) is 6.54. The Morgan fingerprint density at radius 2 is 1.73 bits per heavy atom. The van der Waals surface area contributed by atoms with E-state index >= 15 is 0 Å². The summed E-state index contributed by atoms with van der Waals surface area (Å²) in [6.45, 7) is 7.55. The summed E-state index contributed by atoms with van der Waals surface area (Å²) in [4.78, 5) is 26.8. The van der Waals surface area contributed by atoms with Crippen LogP contribution >= 0.6 is 27.5 Å². The number of piperidine rings is 1. The molecule has 0 bridgehead atoms. The number of urea groups is 1. The van der Waals surface area contributed by atoms with Gasteiger partial charge >= 0.3 is 12.1 Å². The number of nitrogens with zero attached hydrogens (tertiary/aromatic N) is 3.